The minimum Gasteiger partial charge on any atom is -0.474 e. The molecule has 0 unspecified atom stereocenters. The van der Waals surface area contributed by atoms with E-state index in [1.807, 2.05) is 12.1 Å². The van der Waals surface area contributed by atoms with Crippen LogP contribution in [0.5, 0.6) is 0 Å². The second-order valence-corrected chi connectivity index (χ2v) is 1.35. The van der Waals surface area contributed by atoms with Crippen LogP contribution in [0.1, 0.15) is 0 Å². The molecule has 0 N–H and O–H groups in total. The molecule has 0 atom stereocenters. The molecule has 0 aliphatic heterocycles. The molecule has 0 saturated carbocycles. The normalized spacial score (nSPS) is 5.71. The molecule has 0 fully saturated rings. The van der Waals surface area contributed by atoms with Crippen molar-refractivity contribution in [2.45, 2.75) is 0 Å². The molecule has 0 nitrogen and oxygen atoms in total. The average molecular weight is 616 g/mol. The molecular weight excluding hydrogens is 614 g/mol. The van der Waals surface area contributed by atoms with E-state index in [9.17, 15) is 0 Å². The molecule has 0 saturated heterocycles. The Morgan fingerprint density at radius 1 is 1.00 bits per heavy atom. The molecule has 1 rings (SSSR count). The molecule has 0 bridgehead atoms. The summed E-state index contributed by atoms with van der Waals surface area (Å²) in [6.07, 6.45) is 0. The maximum atomic E-state index is 2.85. The van der Waals surface area contributed by atoms with Crippen molar-refractivity contribution in [1.82, 2.24) is 0 Å². The van der Waals surface area contributed by atoms with Crippen LogP contribution in [0.15, 0.2) is 12.1 Å². The minimum absolute atomic E-state index is 0. The summed E-state index contributed by atoms with van der Waals surface area (Å²) in [5, 5.41) is 5.69. The molecule has 30 valence electrons. The van der Waals surface area contributed by atoms with Crippen molar-refractivity contribution >= 4 is 11.3 Å². The van der Waals surface area contributed by atoms with Crippen LogP contribution in [-0.4, -0.2) is 0 Å². The van der Waals surface area contributed by atoms with Crippen LogP contribution in [0, 0.1) is 10.8 Å². The molecule has 0 spiro atoms. The molecule has 1 aromatic rings. The second-order valence-electron chi connectivity index (χ2n) is 0.671. The summed E-state index contributed by atoms with van der Waals surface area (Å²) in [6, 6.07) is 3.68. The Labute approximate surface area is 35.1 Å². The van der Waals surface area contributed by atoms with Crippen molar-refractivity contribution in [3.8, 4) is 0 Å². The molecular formula is C4H2Rf2S-2. The van der Waals surface area contributed by atoms with Gasteiger partial charge in [0.15, 0.2) is 0 Å². The predicted octanol–water partition coefficient (Wildman–Crippen LogP) is 1.35. The molecule has 0 aromatic carbocycles. The fourth-order valence-corrected chi connectivity index (χ4v) is 0.510. The summed E-state index contributed by atoms with van der Waals surface area (Å²) in [6.45, 7) is 0. The van der Waals surface area contributed by atoms with Gasteiger partial charge in [-0.05, 0) is 0 Å². The zero-order valence-electron chi connectivity index (χ0n) is 3.98. The third-order valence-electron chi connectivity index (χ3n) is 0.337. The summed E-state index contributed by atoms with van der Waals surface area (Å²) >= 11 is 1.46. The number of thiophene rings is 1. The van der Waals surface area contributed by atoms with Crippen LogP contribution >= 0.6 is 11.3 Å². The van der Waals surface area contributed by atoms with Gasteiger partial charge in [0.1, 0.15) is 0 Å². The maximum Gasteiger partial charge on any atom is 0 e. The molecule has 0 amide bonds. The van der Waals surface area contributed by atoms with Gasteiger partial charge in [0.2, 0.25) is 0 Å². The largest absolute Gasteiger partial charge is 0.474 e. The van der Waals surface area contributed by atoms with Crippen molar-refractivity contribution in [2.24, 2.45) is 0 Å². The van der Waals surface area contributed by atoms with Crippen LogP contribution in [0.2, 0.25) is 0 Å². The summed E-state index contributed by atoms with van der Waals surface area (Å²) in [5.41, 5.74) is 0. The van der Waals surface area contributed by atoms with Gasteiger partial charge in [0.25, 0.3) is 0 Å². The molecule has 1 aromatic heterocycles. The Morgan fingerprint density at radius 2 is 1.43 bits per heavy atom. The quantitative estimate of drug-likeness (QED) is 0.387. The first-order chi connectivity index (χ1) is 2.50. The minimum atomic E-state index is 0. The van der Waals surface area contributed by atoms with Gasteiger partial charge in [-0.2, -0.15) is 0 Å². The van der Waals surface area contributed by atoms with Gasteiger partial charge in [-0.25, -0.2) is 0 Å². The molecule has 0 radical (unpaired) electrons. The molecule has 0 aliphatic carbocycles. The monoisotopic (exact) mass is 616 g/mol. The predicted molar refractivity (Wildman–Crippen MR) is 22.0 cm³/mol. The zero-order chi connectivity index (χ0) is 3.54. The number of hydrogen-bond donors (Lipinski definition) is 0. The Bertz CT molecular complexity index is 66.2. The molecule has 3 heteroatoms. The summed E-state index contributed by atoms with van der Waals surface area (Å²) in [4.78, 5) is 0. The second kappa shape index (κ2) is 3.70. The van der Waals surface area contributed by atoms with Crippen LogP contribution in [-0.2, 0) is 0 Å². The smallest absolute Gasteiger partial charge is 0 e. The summed E-state index contributed by atoms with van der Waals surface area (Å²) in [5.74, 6) is 0. The van der Waals surface area contributed by atoms with Crippen LogP contribution in [0.3, 0.4) is 0 Å². The first-order valence-electron chi connectivity index (χ1n) is 1.32. The zero-order valence-corrected chi connectivity index (χ0v) is 17.6. The van der Waals surface area contributed by atoms with Crippen LogP contribution in [0.4, 0.5) is 0 Å². The van der Waals surface area contributed by atoms with E-state index in [2.05, 4.69) is 10.8 Å². The fraction of sp³-hybridized carbons (Fsp3) is 0. The molecule has 7 heavy (non-hydrogen) atoms. The van der Waals surface area contributed by atoms with Crippen molar-refractivity contribution in [1.29, 1.82) is 0 Å². The average Bonchev–Trinajstić information content (AvgIpc) is 1.76. The first kappa shape index (κ1) is 8.83. The molecule has 0 aliphatic rings. The SMILES string of the molecule is [Rf].[Rf].[c-]1cc[c-]s1. The van der Waals surface area contributed by atoms with Crippen molar-refractivity contribution in [2.75, 3.05) is 0 Å². The van der Waals surface area contributed by atoms with E-state index < -0.39 is 0 Å². The van der Waals surface area contributed by atoms with Gasteiger partial charge in [-0.3, -0.25) is 0 Å². The van der Waals surface area contributed by atoms with E-state index in [1.165, 1.54) is 11.3 Å². The van der Waals surface area contributed by atoms with Gasteiger partial charge >= 0.3 is 0 Å². The van der Waals surface area contributed by atoms with E-state index in [1.54, 1.807) is 0 Å². The van der Waals surface area contributed by atoms with E-state index in [4.69, 9.17) is 0 Å². The first-order valence-corrected chi connectivity index (χ1v) is 2.14. The van der Waals surface area contributed by atoms with Crippen molar-refractivity contribution < 1.29 is 0 Å². The van der Waals surface area contributed by atoms with Gasteiger partial charge in [0, 0.05) is 0 Å². The summed E-state index contributed by atoms with van der Waals surface area (Å²) in [7, 11) is 0. The standard InChI is InChI=1S/C4H2S.2Rf/c1-2-4-5-3-1;;/h1-2H;;/q-2;;. The Kier molecular flexibility index (Phi) is 4.67. The Hall–Kier alpha value is -2.30. The van der Waals surface area contributed by atoms with Crippen molar-refractivity contribution in [3.05, 3.63) is 22.9 Å². The fourth-order valence-electron chi connectivity index (χ4n) is 0.170. The van der Waals surface area contributed by atoms with Gasteiger partial charge < -0.3 is 34.2 Å². The van der Waals surface area contributed by atoms with E-state index in [-0.39, 0.29) is 0 Å². The van der Waals surface area contributed by atoms with Gasteiger partial charge in [-0.1, -0.05) is 0 Å². The van der Waals surface area contributed by atoms with Gasteiger partial charge in [0.05, 0.1) is 0 Å². The van der Waals surface area contributed by atoms with E-state index in [0.717, 1.165) is 0 Å². The third-order valence-corrected chi connectivity index (χ3v) is 0.845. The maximum absolute atomic E-state index is 2.85. The van der Waals surface area contributed by atoms with E-state index in [0.29, 0.717) is 0 Å². The number of hydrogen-bond acceptors (Lipinski definition) is 1. The molecule has 1 heterocycles. The van der Waals surface area contributed by atoms with Crippen molar-refractivity contribution in [3.63, 3.8) is 0 Å². The summed E-state index contributed by atoms with van der Waals surface area (Å²) < 4.78 is 0. The van der Waals surface area contributed by atoms with Crippen LogP contribution < -0.4 is 0 Å². The Balaban J connectivity index is 0. The number of rotatable bonds is 0. The Morgan fingerprint density at radius 3 is 1.57 bits per heavy atom. The topological polar surface area (TPSA) is 0 Å². The van der Waals surface area contributed by atoms with Gasteiger partial charge in [-0.15, -0.1) is 0 Å². The third kappa shape index (κ3) is 1.47. The van der Waals surface area contributed by atoms with E-state index >= 15 is 0 Å². The van der Waals surface area contributed by atoms with Crippen LogP contribution in [0.25, 0.3) is 0 Å².